The van der Waals surface area contributed by atoms with Gasteiger partial charge in [-0.15, -0.1) is 4.98 Å². The molecule has 1 aromatic heterocycles. The predicted octanol–water partition coefficient (Wildman–Crippen LogP) is 1.61. The first-order valence-corrected chi connectivity index (χ1v) is 6.48. The average Bonchev–Trinajstić information content (AvgIpc) is 2.52. The van der Waals surface area contributed by atoms with E-state index in [1.165, 1.54) is 26.4 Å². The average molecular weight is 327 g/mol. The van der Waals surface area contributed by atoms with Gasteiger partial charge in [0.25, 0.3) is 5.91 Å². The minimum atomic E-state index is -0.712. The van der Waals surface area contributed by atoms with Gasteiger partial charge in [-0.3, -0.25) is 4.79 Å². The van der Waals surface area contributed by atoms with Crippen LogP contribution in [0.1, 0.15) is 16.2 Å². The first-order chi connectivity index (χ1) is 10.5. The lowest BCUT2D eigenvalue weighted by Gasteiger charge is -2.08. The van der Waals surface area contributed by atoms with E-state index in [1.807, 2.05) is 0 Å². The normalized spacial score (nSPS) is 10.2. The number of benzene rings is 1. The lowest BCUT2D eigenvalue weighted by atomic mass is 10.2. The molecule has 0 spiro atoms. The fraction of sp³-hybridized carbons (Fsp3) is 0.231. The van der Waals surface area contributed by atoms with Crippen molar-refractivity contribution in [1.29, 1.82) is 0 Å². The summed E-state index contributed by atoms with van der Waals surface area (Å²) in [4.78, 5) is 23.7. The van der Waals surface area contributed by atoms with E-state index < -0.39 is 11.7 Å². The molecule has 1 heterocycles. The molecule has 2 aromatic rings. The van der Waals surface area contributed by atoms with Crippen LogP contribution in [0.15, 0.2) is 18.2 Å². The van der Waals surface area contributed by atoms with E-state index in [9.17, 15) is 9.18 Å². The monoisotopic (exact) mass is 326 g/mol. The number of ether oxygens (including phenoxy) is 2. The number of carbonyl (C=O) groups excluding carboxylic acids is 1. The van der Waals surface area contributed by atoms with Crippen molar-refractivity contribution in [2.75, 3.05) is 14.2 Å². The number of carbonyl (C=O) groups is 1. The van der Waals surface area contributed by atoms with Crippen LogP contribution in [0.3, 0.4) is 0 Å². The largest absolute Gasteiger partial charge is 0.467 e. The van der Waals surface area contributed by atoms with Crippen molar-refractivity contribution in [3.63, 3.8) is 0 Å². The van der Waals surface area contributed by atoms with Gasteiger partial charge in [0.1, 0.15) is 5.82 Å². The summed E-state index contributed by atoms with van der Waals surface area (Å²) < 4.78 is 23.4. The number of halogens is 2. The molecule has 1 aromatic carbocycles. The van der Waals surface area contributed by atoms with E-state index in [-0.39, 0.29) is 35.0 Å². The van der Waals surface area contributed by atoms with Crippen LogP contribution in [0.25, 0.3) is 0 Å². The third kappa shape index (κ3) is 3.59. The van der Waals surface area contributed by atoms with Crippen molar-refractivity contribution in [2.45, 2.75) is 6.54 Å². The zero-order valence-electron chi connectivity index (χ0n) is 11.8. The molecule has 0 fully saturated rings. The second-order valence-corrected chi connectivity index (χ2v) is 4.41. The van der Waals surface area contributed by atoms with Crippen LogP contribution in [0.2, 0.25) is 5.02 Å². The molecule has 0 radical (unpaired) electrons. The number of nitrogens with zero attached hydrogens (tertiary/aromatic N) is 3. The molecule has 0 bridgehead atoms. The van der Waals surface area contributed by atoms with Gasteiger partial charge < -0.3 is 14.8 Å². The van der Waals surface area contributed by atoms with Crippen LogP contribution >= 0.6 is 11.6 Å². The summed E-state index contributed by atoms with van der Waals surface area (Å²) in [7, 11) is 2.77. The minimum Gasteiger partial charge on any atom is -0.467 e. The molecule has 1 amide bonds. The molecule has 0 aliphatic heterocycles. The Bertz CT molecular complexity index is 656. The van der Waals surface area contributed by atoms with E-state index in [1.54, 1.807) is 0 Å². The van der Waals surface area contributed by atoms with Gasteiger partial charge in [0.05, 0.1) is 31.4 Å². The lowest BCUT2D eigenvalue weighted by Crippen LogP contribution is -2.25. The Balaban J connectivity index is 2.14. The number of hydrogen-bond acceptors (Lipinski definition) is 6. The smallest absolute Gasteiger partial charge is 0.322 e. The Hall–Kier alpha value is -2.48. The maximum atomic E-state index is 13.6. The maximum absolute atomic E-state index is 13.6. The van der Waals surface area contributed by atoms with Crippen molar-refractivity contribution < 1.29 is 18.7 Å². The van der Waals surface area contributed by atoms with Crippen molar-refractivity contribution in [2.24, 2.45) is 0 Å². The highest BCUT2D eigenvalue weighted by Crippen LogP contribution is 2.18. The highest BCUT2D eigenvalue weighted by atomic mass is 35.5. The molecular weight excluding hydrogens is 315 g/mol. The molecule has 2 rings (SSSR count). The zero-order valence-corrected chi connectivity index (χ0v) is 12.5. The Morgan fingerprint density at radius 2 is 1.86 bits per heavy atom. The Morgan fingerprint density at radius 1 is 1.23 bits per heavy atom. The predicted molar refractivity (Wildman–Crippen MR) is 75.5 cm³/mol. The second-order valence-electron chi connectivity index (χ2n) is 4.00. The Kier molecular flexibility index (Phi) is 5.05. The molecule has 1 N–H and O–H groups in total. The van der Waals surface area contributed by atoms with Crippen molar-refractivity contribution in [3.8, 4) is 12.0 Å². The molecule has 7 nitrogen and oxygen atoms in total. The van der Waals surface area contributed by atoms with E-state index in [0.717, 1.165) is 6.07 Å². The van der Waals surface area contributed by atoms with Crippen LogP contribution in [-0.4, -0.2) is 35.1 Å². The summed E-state index contributed by atoms with van der Waals surface area (Å²) in [6.45, 7) is -0.0707. The van der Waals surface area contributed by atoms with Crippen LogP contribution in [0.5, 0.6) is 12.0 Å². The molecule has 0 aliphatic rings. The minimum absolute atomic E-state index is 0.0170. The molecule has 22 heavy (non-hydrogen) atoms. The summed E-state index contributed by atoms with van der Waals surface area (Å²) in [5, 5.41) is 2.49. The topological polar surface area (TPSA) is 86.2 Å². The molecule has 0 atom stereocenters. The molecular formula is C13H12ClFN4O3. The number of methoxy groups -OCH3 is 2. The summed E-state index contributed by atoms with van der Waals surface area (Å²) in [6, 6.07) is 4.07. The third-order valence-corrected chi connectivity index (χ3v) is 2.92. The maximum Gasteiger partial charge on any atom is 0.322 e. The SMILES string of the molecule is COc1nc(CNC(=O)c2c(F)cccc2Cl)nc(OC)n1. The number of aromatic nitrogens is 3. The fourth-order valence-electron chi connectivity index (χ4n) is 1.60. The van der Waals surface area contributed by atoms with E-state index in [4.69, 9.17) is 21.1 Å². The summed E-state index contributed by atoms with van der Waals surface area (Å²) in [6.07, 6.45) is 0. The van der Waals surface area contributed by atoms with Gasteiger partial charge in [-0.05, 0) is 12.1 Å². The number of nitrogens with one attached hydrogen (secondary N) is 1. The Labute approximate surface area is 130 Å². The van der Waals surface area contributed by atoms with Gasteiger partial charge in [0.2, 0.25) is 0 Å². The van der Waals surface area contributed by atoms with Crippen LogP contribution in [-0.2, 0) is 6.54 Å². The quantitative estimate of drug-likeness (QED) is 0.898. The van der Waals surface area contributed by atoms with Gasteiger partial charge in [-0.1, -0.05) is 17.7 Å². The number of hydrogen-bond donors (Lipinski definition) is 1. The second kappa shape index (κ2) is 6.99. The number of rotatable bonds is 5. The molecule has 116 valence electrons. The zero-order chi connectivity index (χ0) is 16.1. The highest BCUT2D eigenvalue weighted by molar-refractivity contribution is 6.33. The van der Waals surface area contributed by atoms with Gasteiger partial charge in [-0.2, -0.15) is 9.97 Å². The van der Waals surface area contributed by atoms with E-state index >= 15 is 0 Å². The molecule has 0 saturated heterocycles. The first kappa shape index (κ1) is 15.9. The van der Waals surface area contributed by atoms with Gasteiger partial charge in [-0.25, -0.2) is 4.39 Å². The lowest BCUT2D eigenvalue weighted by molar-refractivity contribution is 0.0945. The van der Waals surface area contributed by atoms with Crippen molar-refractivity contribution in [1.82, 2.24) is 20.3 Å². The standard InChI is InChI=1S/C13H12ClFN4O3/c1-21-12-17-9(18-13(19-12)22-2)6-16-11(20)10-7(14)4-3-5-8(10)15/h3-5H,6H2,1-2H3,(H,16,20). The number of amides is 1. The van der Waals surface area contributed by atoms with Gasteiger partial charge in [0, 0.05) is 0 Å². The third-order valence-electron chi connectivity index (χ3n) is 2.60. The van der Waals surface area contributed by atoms with Crippen LogP contribution in [0, 0.1) is 5.82 Å². The molecule has 0 aliphatic carbocycles. The van der Waals surface area contributed by atoms with E-state index in [0.29, 0.717) is 0 Å². The summed E-state index contributed by atoms with van der Waals surface area (Å²) in [5.41, 5.74) is -0.239. The van der Waals surface area contributed by atoms with Crippen molar-refractivity contribution in [3.05, 3.63) is 40.4 Å². The fourth-order valence-corrected chi connectivity index (χ4v) is 1.85. The van der Waals surface area contributed by atoms with Crippen molar-refractivity contribution >= 4 is 17.5 Å². The van der Waals surface area contributed by atoms with Crippen LogP contribution < -0.4 is 14.8 Å². The van der Waals surface area contributed by atoms with Gasteiger partial charge in [0.15, 0.2) is 5.82 Å². The summed E-state index contributed by atoms with van der Waals surface area (Å²) >= 11 is 5.82. The Morgan fingerprint density at radius 3 is 2.41 bits per heavy atom. The molecule has 0 saturated carbocycles. The van der Waals surface area contributed by atoms with Crippen LogP contribution in [0.4, 0.5) is 4.39 Å². The first-order valence-electron chi connectivity index (χ1n) is 6.10. The summed E-state index contributed by atoms with van der Waals surface area (Å²) in [5.74, 6) is -1.19. The van der Waals surface area contributed by atoms with Gasteiger partial charge >= 0.3 is 12.0 Å². The highest BCUT2D eigenvalue weighted by Gasteiger charge is 2.16. The molecule has 9 heteroatoms. The van der Waals surface area contributed by atoms with E-state index in [2.05, 4.69) is 20.3 Å². The molecule has 0 unspecified atom stereocenters.